The third-order valence-corrected chi connectivity index (χ3v) is 5.33. The fourth-order valence-electron chi connectivity index (χ4n) is 2.20. The Bertz CT molecular complexity index is 1100. The first-order valence-electron chi connectivity index (χ1n) is 9.29. The molecule has 0 spiro atoms. The maximum atomic E-state index is 14.8. The van der Waals surface area contributed by atoms with Gasteiger partial charge >= 0.3 is 11.7 Å². The van der Waals surface area contributed by atoms with Gasteiger partial charge in [0.1, 0.15) is 0 Å². The van der Waals surface area contributed by atoms with E-state index >= 15 is 0 Å². The zero-order valence-corrected chi connectivity index (χ0v) is 18.2. The molecule has 0 aliphatic heterocycles. The summed E-state index contributed by atoms with van der Waals surface area (Å²) in [6.07, 6.45) is 0.728. The molecule has 0 bridgehead atoms. The molecule has 1 unspecified atom stereocenters. The summed E-state index contributed by atoms with van der Waals surface area (Å²) in [5.41, 5.74) is -0.610. The van der Waals surface area contributed by atoms with Crippen LogP contribution in [0.15, 0.2) is 45.1 Å². The van der Waals surface area contributed by atoms with E-state index in [9.17, 15) is 23.0 Å². The molecular weight excluding hydrogens is 413 g/mol. The van der Waals surface area contributed by atoms with Crippen LogP contribution in [0.3, 0.4) is 0 Å². The summed E-state index contributed by atoms with van der Waals surface area (Å²) in [5.74, 6) is -3.36. The lowest BCUT2D eigenvalue weighted by atomic mass is 10.2. The lowest BCUT2D eigenvalue weighted by Gasteiger charge is -2.13. The van der Waals surface area contributed by atoms with Crippen LogP contribution in [0, 0.1) is 24.6 Å². The van der Waals surface area contributed by atoms with Crippen molar-refractivity contribution in [3.63, 3.8) is 0 Å². The molecule has 1 amide bonds. The van der Waals surface area contributed by atoms with Gasteiger partial charge in [0, 0.05) is 5.92 Å². The maximum absolute atomic E-state index is 14.8. The van der Waals surface area contributed by atoms with E-state index in [-0.39, 0.29) is 4.90 Å². The topological polar surface area (TPSA) is 99.7 Å². The SMILES string of the molecule is Cc1ccc(S(=O)n2cc(F)c(=NC(=O)C(C)C)n(COC(=O)C(C)C)c2=O)cc1. The number of rotatable bonds is 6. The van der Waals surface area contributed by atoms with Crippen LogP contribution in [0.5, 0.6) is 0 Å². The average molecular weight is 437 g/mol. The van der Waals surface area contributed by atoms with Crippen molar-refractivity contribution >= 4 is 22.9 Å². The fourth-order valence-corrected chi connectivity index (χ4v) is 3.22. The molecule has 0 radical (unpaired) electrons. The Morgan fingerprint density at radius 1 is 1.13 bits per heavy atom. The lowest BCUT2D eigenvalue weighted by Crippen LogP contribution is -2.44. The molecule has 1 atom stereocenters. The van der Waals surface area contributed by atoms with Gasteiger partial charge in [0.2, 0.25) is 5.91 Å². The Morgan fingerprint density at radius 2 is 1.73 bits per heavy atom. The highest BCUT2D eigenvalue weighted by Crippen LogP contribution is 2.09. The second kappa shape index (κ2) is 9.75. The molecule has 0 saturated heterocycles. The molecule has 0 saturated carbocycles. The summed E-state index contributed by atoms with van der Waals surface area (Å²) in [4.78, 5) is 40.8. The molecular formula is C20H24FN3O5S. The minimum Gasteiger partial charge on any atom is -0.443 e. The van der Waals surface area contributed by atoms with Crippen molar-refractivity contribution in [1.82, 2.24) is 8.54 Å². The average Bonchev–Trinajstić information content (AvgIpc) is 2.69. The summed E-state index contributed by atoms with van der Waals surface area (Å²) in [6.45, 7) is 7.50. The van der Waals surface area contributed by atoms with Crippen LogP contribution in [0.2, 0.25) is 0 Å². The first kappa shape index (κ1) is 23.4. The van der Waals surface area contributed by atoms with E-state index in [1.165, 1.54) is 0 Å². The number of hydrogen-bond donors (Lipinski definition) is 0. The zero-order valence-electron chi connectivity index (χ0n) is 17.4. The number of aryl methyl sites for hydroxylation is 1. The number of carbonyl (C=O) groups is 2. The van der Waals surface area contributed by atoms with E-state index in [0.717, 1.165) is 11.8 Å². The Balaban J connectivity index is 2.65. The smallest absolute Gasteiger partial charge is 0.344 e. The van der Waals surface area contributed by atoms with Crippen molar-refractivity contribution in [3.8, 4) is 0 Å². The summed E-state index contributed by atoms with van der Waals surface area (Å²) >= 11 is 0. The number of halogens is 1. The van der Waals surface area contributed by atoms with Gasteiger partial charge in [-0.15, -0.1) is 0 Å². The summed E-state index contributed by atoms with van der Waals surface area (Å²) < 4.78 is 34.1. The van der Waals surface area contributed by atoms with Crippen molar-refractivity contribution in [3.05, 3.63) is 57.8 Å². The van der Waals surface area contributed by atoms with Crippen molar-refractivity contribution in [2.75, 3.05) is 0 Å². The molecule has 0 aliphatic carbocycles. The Labute approximate surface area is 175 Å². The number of benzene rings is 1. The fraction of sp³-hybridized carbons (Fsp3) is 0.400. The number of esters is 1. The zero-order chi connectivity index (χ0) is 22.6. The predicted molar refractivity (Wildman–Crippen MR) is 108 cm³/mol. The molecule has 30 heavy (non-hydrogen) atoms. The molecule has 1 aromatic heterocycles. The first-order chi connectivity index (χ1) is 14.0. The van der Waals surface area contributed by atoms with Crippen LogP contribution >= 0.6 is 0 Å². The third-order valence-electron chi connectivity index (χ3n) is 4.04. The van der Waals surface area contributed by atoms with Crippen molar-refractivity contribution in [1.29, 1.82) is 0 Å². The predicted octanol–water partition coefficient (Wildman–Crippen LogP) is 1.91. The molecule has 0 aliphatic rings. The lowest BCUT2D eigenvalue weighted by molar-refractivity contribution is -0.151. The van der Waals surface area contributed by atoms with E-state index in [1.54, 1.807) is 52.0 Å². The van der Waals surface area contributed by atoms with E-state index in [4.69, 9.17) is 4.74 Å². The quantitative estimate of drug-likeness (QED) is 0.643. The van der Waals surface area contributed by atoms with Crippen molar-refractivity contribution in [2.45, 2.75) is 46.2 Å². The highest BCUT2D eigenvalue weighted by Gasteiger charge is 2.19. The van der Waals surface area contributed by atoms with E-state index in [1.807, 2.05) is 6.92 Å². The van der Waals surface area contributed by atoms with Gasteiger partial charge in [0.15, 0.2) is 29.0 Å². The van der Waals surface area contributed by atoms with Gasteiger partial charge in [0.25, 0.3) is 0 Å². The van der Waals surface area contributed by atoms with Crippen LogP contribution in [0.1, 0.15) is 33.3 Å². The molecule has 0 N–H and O–H groups in total. The molecule has 1 heterocycles. The number of amides is 1. The van der Waals surface area contributed by atoms with E-state index < -0.39 is 58.4 Å². The Hall–Kier alpha value is -2.88. The van der Waals surface area contributed by atoms with Gasteiger partial charge in [-0.1, -0.05) is 45.4 Å². The normalized spacial score (nSPS) is 13.0. The van der Waals surface area contributed by atoms with Gasteiger partial charge in [-0.2, -0.15) is 4.99 Å². The summed E-state index contributed by atoms with van der Waals surface area (Å²) in [7, 11) is -2.06. The molecule has 2 rings (SSSR count). The van der Waals surface area contributed by atoms with E-state index in [2.05, 4.69) is 4.99 Å². The summed E-state index contributed by atoms with van der Waals surface area (Å²) in [6, 6.07) is 6.52. The van der Waals surface area contributed by atoms with E-state index in [0.29, 0.717) is 8.54 Å². The van der Waals surface area contributed by atoms with Crippen molar-refractivity contribution < 1.29 is 22.9 Å². The summed E-state index contributed by atoms with van der Waals surface area (Å²) in [5, 5.41) is 0. The molecule has 1 aromatic carbocycles. The van der Waals surface area contributed by atoms with Gasteiger partial charge < -0.3 is 4.74 Å². The standard InChI is InChI=1S/C20H24FN3O5S/c1-12(2)18(25)22-17-16(21)10-24(30(28)15-8-6-14(5)7-9-15)20(27)23(17)11-29-19(26)13(3)4/h6-10,12-13H,11H2,1-5H3. The number of carbonyl (C=O) groups excluding carboxylic acids is 2. The van der Waals surface area contributed by atoms with Crippen LogP contribution in [0.4, 0.5) is 4.39 Å². The Kier molecular flexibility index (Phi) is 7.60. The third kappa shape index (κ3) is 5.38. The van der Waals surface area contributed by atoms with Gasteiger partial charge in [0.05, 0.1) is 17.0 Å². The van der Waals surface area contributed by atoms with Crippen LogP contribution in [-0.2, 0) is 32.0 Å². The van der Waals surface area contributed by atoms with Gasteiger partial charge in [-0.3, -0.25) is 9.59 Å². The molecule has 162 valence electrons. The molecule has 8 nitrogen and oxygen atoms in total. The van der Waals surface area contributed by atoms with Gasteiger partial charge in [-0.25, -0.2) is 21.9 Å². The highest BCUT2D eigenvalue weighted by molar-refractivity contribution is 7.83. The number of hydrogen-bond acceptors (Lipinski definition) is 5. The minimum atomic E-state index is -2.06. The second-order valence-electron chi connectivity index (χ2n) is 7.25. The molecule has 2 aromatic rings. The number of ether oxygens (including phenoxy) is 1. The minimum absolute atomic E-state index is 0.274. The first-order valence-corrected chi connectivity index (χ1v) is 10.4. The molecule has 10 heteroatoms. The number of nitrogens with zero attached hydrogens (tertiary/aromatic N) is 3. The van der Waals surface area contributed by atoms with Crippen LogP contribution < -0.4 is 11.2 Å². The van der Waals surface area contributed by atoms with Crippen molar-refractivity contribution in [2.24, 2.45) is 16.8 Å². The number of aromatic nitrogens is 2. The largest absolute Gasteiger partial charge is 0.443 e. The Morgan fingerprint density at radius 3 is 2.27 bits per heavy atom. The monoisotopic (exact) mass is 437 g/mol. The molecule has 0 fully saturated rings. The van der Waals surface area contributed by atoms with Crippen LogP contribution in [0.25, 0.3) is 0 Å². The highest BCUT2D eigenvalue weighted by atomic mass is 32.2. The maximum Gasteiger partial charge on any atom is 0.344 e. The second-order valence-corrected chi connectivity index (χ2v) is 8.61. The van der Waals surface area contributed by atoms with Crippen LogP contribution in [-0.4, -0.2) is 24.6 Å². The van der Waals surface area contributed by atoms with Gasteiger partial charge in [-0.05, 0) is 19.1 Å².